The van der Waals surface area contributed by atoms with Gasteiger partial charge in [-0.1, -0.05) is 330 Å². The van der Waals surface area contributed by atoms with Crippen LogP contribution < -0.4 is 21.3 Å². The van der Waals surface area contributed by atoms with Gasteiger partial charge in [-0.15, -0.1) is 0 Å². The third-order valence-electron chi connectivity index (χ3n) is 22.6. The van der Waals surface area contributed by atoms with Gasteiger partial charge in [-0.25, -0.2) is 0 Å². The van der Waals surface area contributed by atoms with Crippen molar-refractivity contribution in [3.63, 3.8) is 0 Å². The maximum Gasteiger partial charge on any atom is 0.252 e. The van der Waals surface area contributed by atoms with Gasteiger partial charge in [-0.3, -0.25) is 0 Å². The van der Waals surface area contributed by atoms with Gasteiger partial charge in [0.05, 0.1) is 86.0 Å². The fraction of sp³-hybridized carbons (Fsp3) is 0.0377. The van der Waals surface area contributed by atoms with Gasteiger partial charge in [0, 0.05) is 65.9 Å². The van der Waals surface area contributed by atoms with Crippen LogP contribution in [0.4, 0.5) is 17.1 Å². The summed E-state index contributed by atoms with van der Waals surface area (Å²) >= 11 is 0. The standard InChI is InChI=1S/C106H71BN4/c1-106(2,3)74-64-97-101-98(65-74)111-103-77(72-37-25-34-69(62-72)67-31-8-5-9-32-67)50-28-52-88(103)81-43-13-12-41-79(81)80-42-14-15-48-86(80)100-96(109-93-55-22-18-46-84(93)85-47-19-23-56-94(85)109)60-58-90(105(100)111)107(101)89-57-59-95(108-91-53-20-16-44-82(91)83-45-17-21-54-92(83)108)99-73-38-26-35-70(63-73)75-39-10-11-40-78(75)87-51-27-49-76(102(87)110(97)104(89)99)71-36-24-33-68(61-71)66-29-6-4-7-30-66/h4-65H,1-3H3/i16D,17D,18D,19D,20D,21D,22D,23D,44D,45D,46D,47D,53D,54D,55D,56D,57D,58D,59D,60D,64D,65D. The van der Waals surface area contributed by atoms with E-state index >= 15 is 0 Å². The van der Waals surface area contributed by atoms with Gasteiger partial charge in [-0.2, -0.15) is 0 Å². The first-order valence-electron chi connectivity index (χ1n) is 48.1. The zero-order valence-corrected chi connectivity index (χ0v) is 60.0. The molecule has 5 heteroatoms. The van der Waals surface area contributed by atoms with E-state index in [9.17, 15) is 30.2 Å². The molecule has 23 rings (SSSR count). The Balaban J connectivity index is 1.06. The van der Waals surface area contributed by atoms with Crippen LogP contribution in [-0.2, 0) is 5.41 Å². The van der Waals surface area contributed by atoms with Crippen LogP contribution in [-0.4, -0.2) is 20.4 Å². The average Bonchev–Trinajstić information content (AvgIpc) is 1.38. The Morgan fingerprint density at radius 2 is 0.694 bits per heavy atom. The van der Waals surface area contributed by atoms with E-state index in [0.717, 1.165) is 22.3 Å². The largest absolute Gasteiger partial charge is 0.309 e. The zero-order chi connectivity index (χ0) is 92.5. The SMILES string of the molecule is [2H]c1c([2H])c(-n2c3c([2H])c([2H])c([2H])c([2H])c3c3c([2H])c([2H])c([2H])c([2H])c32)c2c3c1B1c4c(c([2H])c(C(C)(C)C)c([2H])c4-n4c5c(-c6cccc(-c7ccccc7)c6)cccc5c5ccccc5c5ccccc5c5c(-n6c7c([2H])c([2H])c([2H])c([2H])c7c7c([2H])c([2H])c([2H])c([2H])c76)c([2H])c([2H])c1c54)N3c1c(-c3cccc(-c4ccccc4)c3)cccc1-c1ccccc1-c1cccc-2c1. The van der Waals surface area contributed by atoms with Crippen LogP contribution in [0.25, 0.3) is 182 Å². The molecule has 0 aliphatic carbocycles. The molecule has 518 valence electrons. The minimum Gasteiger partial charge on any atom is -0.309 e. The van der Waals surface area contributed by atoms with Crippen molar-refractivity contribution in [1.82, 2.24) is 13.7 Å². The van der Waals surface area contributed by atoms with Crippen LogP contribution in [0.5, 0.6) is 0 Å². The van der Waals surface area contributed by atoms with Crippen LogP contribution in [0.2, 0.25) is 0 Å². The Morgan fingerprint density at radius 1 is 0.279 bits per heavy atom. The van der Waals surface area contributed by atoms with Crippen LogP contribution >= 0.6 is 0 Å². The Bertz CT molecular complexity index is 8710. The summed E-state index contributed by atoms with van der Waals surface area (Å²) in [5.41, 5.74) is 6.27. The minimum absolute atomic E-state index is 0.0187. The van der Waals surface area contributed by atoms with Gasteiger partial charge in [0.25, 0.3) is 6.71 Å². The molecule has 0 spiro atoms. The lowest BCUT2D eigenvalue weighted by Crippen LogP contribution is -2.61. The number of rotatable bonds is 6. The number of hydrogen-bond donors (Lipinski definition) is 0. The average molecular weight is 1430 g/mol. The van der Waals surface area contributed by atoms with E-state index in [4.69, 9.17) is 0 Å². The van der Waals surface area contributed by atoms with Gasteiger partial charge in [-0.05, 0) is 171 Å². The fourth-order valence-corrected chi connectivity index (χ4v) is 17.8. The van der Waals surface area contributed by atoms with E-state index in [1.807, 2.05) is 249 Å². The van der Waals surface area contributed by atoms with Gasteiger partial charge < -0.3 is 18.6 Å². The molecule has 0 fully saturated rings. The number of fused-ring (bicyclic) bond motifs is 25. The van der Waals surface area contributed by atoms with E-state index < -0.39 is 133 Å². The molecule has 2 bridgehead atoms. The number of benzene rings is 17. The van der Waals surface area contributed by atoms with E-state index in [0.29, 0.717) is 82.6 Å². The number of anilines is 3. The summed E-state index contributed by atoms with van der Waals surface area (Å²) in [6, 6.07) is 63.5. The van der Waals surface area contributed by atoms with Crippen LogP contribution in [0, 0.1) is 0 Å². The summed E-state index contributed by atoms with van der Waals surface area (Å²) in [6.45, 7) is 3.97. The highest BCUT2D eigenvalue weighted by atomic mass is 15.2. The molecule has 0 amide bonds. The first kappa shape index (κ1) is 45.0. The maximum absolute atomic E-state index is 12.1. The predicted octanol–water partition coefficient (Wildman–Crippen LogP) is 26.3. The molecule has 111 heavy (non-hydrogen) atoms. The number of nitrogens with zero attached hydrogens (tertiary/aromatic N) is 4. The number of aromatic nitrogens is 3. The summed E-state index contributed by atoms with van der Waals surface area (Å²) in [6.07, 6.45) is 0. The third-order valence-corrected chi connectivity index (χ3v) is 22.6. The summed E-state index contributed by atoms with van der Waals surface area (Å²) in [7, 11) is 0. The first-order chi connectivity index (χ1) is 63.9. The highest BCUT2D eigenvalue weighted by Gasteiger charge is 2.46. The Hall–Kier alpha value is -14.0. The Kier molecular flexibility index (Phi) is 9.83. The molecule has 3 aliphatic heterocycles. The molecular weight excluding hydrogens is 1340 g/mol. The van der Waals surface area contributed by atoms with E-state index in [2.05, 4.69) is 12.1 Å². The van der Waals surface area contributed by atoms with Gasteiger partial charge in [0.15, 0.2) is 0 Å². The lowest BCUT2D eigenvalue weighted by molar-refractivity contribution is 0.590. The third kappa shape index (κ3) is 9.36. The molecule has 17 aromatic carbocycles. The number of hydrogen-bond acceptors (Lipinski definition) is 1. The summed E-state index contributed by atoms with van der Waals surface area (Å²) < 4.78 is 233. The second kappa shape index (κ2) is 24.3. The predicted molar refractivity (Wildman–Crippen MR) is 472 cm³/mol. The highest BCUT2D eigenvalue weighted by molar-refractivity contribution is 7.00. The molecule has 0 saturated heterocycles. The van der Waals surface area contributed by atoms with Crippen LogP contribution in [0.3, 0.4) is 0 Å². The van der Waals surface area contributed by atoms with Gasteiger partial charge in [0.2, 0.25) is 0 Å². The summed E-state index contributed by atoms with van der Waals surface area (Å²) in [4.78, 5) is 1.94. The smallest absolute Gasteiger partial charge is 0.252 e. The topological polar surface area (TPSA) is 18.0 Å². The molecule has 4 nitrogen and oxygen atoms in total. The van der Waals surface area contributed by atoms with Crippen molar-refractivity contribution < 1.29 is 30.2 Å². The molecule has 6 heterocycles. The summed E-state index contributed by atoms with van der Waals surface area (Å²) in [5, 5.41) is 1.35. The van der Waals surface area contributed by atoms with Crippen molar-refractivity contribution in [1.29, 1.82) is 0 Å². The first-order valence-corrected chi connectivity index (χ1v) is 37.1. The maximum atomic E-state index is 12.1. The van der Waals surface area contributed by atoms with Crippen LogP contribution in [0.1, 0.15) is 56.5 Å². The lowest BCUT2D eigenvalue weighted by atomic mass is 9.33. The monoisotopic (exact) mass is 1430 g/mol. The molecular formula is C106H71BN4. The molecule has 0 atom stereocenters. The second-order valence-corrected chi connectivity index (χ2v) is 29.6. The molecule has 0 radical (unpaired) electrons. The van der Waals surface area contributed by atoms with Gasteiger partial charge in [0.1, 0.15) is 0 Å². The highest BCUT2D eigenvalue weighted by Crippen LogP contribution is 2.56. The van der Waals surface area contributed by atoms with E-state index in [1.165, 1.54) is 9.13 Å². The number of para-hydroxylation sites is 6. The Morgan fingerprint density at radius 3 is 1.31 bits per heavy atom. The summed E-state index contributed by atoms with van der Waals surface area (Å²) in [5.74, 6) is 0. The molecule has 0 N–H and O–H groups in total. The van der Waals surface area contributed by atoms with Crippen molar-refractivity contribution in [2.24, 2.45) is 0 Å². The van der Waals surface area contributed by atoms with Crippen molar-refractivity contribution >= 4 is 127 Å². The lowest BCUT2D eigenvalue weighted by Gasteiger charge is -2.44. The van der Waals surface area contributed by atoms with Crippen molar-refractivity contribution in [3.8, 4) is 95.0 Å². The quantitative estimate of drug-likeness (QED) is 0.152. The van der Waals surface area contributed by atoms with Crippen LogP contribution in [0.15, 0.2) is 376 Å². The molecule has 20 aromatic rings. The normalized spacial score (nSPS) is 15.4. The van der Waals surface area contributed by atoms with Gasteiger partial charge >= 0.3 is 0 Å². The molecule has 3 aliphatic rings. The molecule has 0 unspecified atom stereocenters. The zero-order valence-electron chi connectivity index (χ0n) is 82.0. The van der Waals surface area contributed by atoms with Crippen molar-refractivity contribution in [2.75, 3.05) is 4.90 Å². The van der Waals surface area contributed by atoms with Crippen molar-refractivity contribution in [3.05, 3.63) is 381 Å². The second-order valence-electron chi connectivity index (χ2n) is 29.6. The fourth-order valence-electron chi connectivity index (χ4n) is 17.8. The van der Waals surface area contributed by atoms with E-state index in [-0.39, 0.29) is 128 Å². The molecule has 3 aromatic heterocycles. The van der Waals surface area contributed by atoms with E-state index in [1.54, 1.807) is 12.1 Å². The molecule has 0 saturated carbocycles. The van der Waals surface area contributed by atoms with Crippen molar-refractivity contribution in [2.45, 2.75) is 26.2 Å². The Labute approximate surface area is 675 Å². The minimum atomic E-state index is -1.76.